The summed E-state index contributed by atoms with van der Waals surface area (Å²) in [6.45, 7) is 4.31. The SMILES string of the molecule is CCOc1ccc(-n2c(O)c(C=Nc3cccc(C)c3)c(=O)[nH]c2=O)cc1. The second kappa shape index (κ2) is 7.74. The molecule has 7 heteroatoms. The van der Waals surface area contributed by atoms with Gasteiger partial charge in [-0.2, -0.15) is 0 Å². The first-order valence-electron chi connectivity index (χ1n) is 8.42. The summed E-state index contributed by atoms with van der Waals surface area (Å²) in [6, 6.07) is 14.0. The predicted molar refractivity (Wildman–Crippen MR) is 104 cm³/mol. The summed E-state index contributed by atoms with van der Waals surface area (Å²) in [5.41, 5.74) is 0.479. The predicted octanol–water partition coefficient (Wildman–Crippen LogP) is 2.69. The van der Waals surface area contributed by atoms with Gasteiger partial charge in [0, 0.05) is 6.21 Å². The second-order valence-electron chi connectivity index (χ2n) is 5.86. The monoisotopic (exact) mass is 365 g/mol. The molecule has 1 aromatic heterocycles. The van der Waals surface area contributed by atoms with E-state index >= 15 is 0 Å². The number of aromatic amines is 1. The highest BCUT2D eigenvalue weighted by atomic mass is 16.5. The third-order valence-electron chi connectivity index (χ3n) is 3.87. The summed E-state index contributed by atoms with van der Waals surface area (Å²) in [7, 11) is 0. The lowest BCUT2D eigenvalue weighted by Gasteiger charge is -2.10. The van der Waals surface area contributed by atoms with Crippen LogP contribution in [0.1, 0.15) is 18.1 Å². The van der Waals surface area contributed by atoms with Crippen LogP contribution in [0, 0.1) is 6.92 Å². The summed E-state index contributed by atoms with van der Waals surface area (Å²) in [4.78, 5) is 30.8. The van der Waals surface area contributed by atoms with Gasteiger partial charge in [-0.05, 0) is 55.8 Å². The van der Waals surface area contributed by atoms with E-state index in [0.717, 1.165) is 10.1 Å². The van der Waals surface area contributed by atoms with Gasteiger partial charge in [-0.15, -0.1) is 0 Å². The third-order valence-corrected chi connectivity index (χ3v) is 3.87. The third kappa shape index (κ3) is 3.98. The molecular weight excluding hydrogens is 346 g/mol. The second-order valence-corrected chi connectivity index (χ2v) is 5.86. The molecule has 0 unspecified atom stereocenters. The van der Waals surface area contributed by atoms with Crippen LogP contribution < -0.4 is 16.0 Å². The van der Waals surface area contributed by atoms with Crippen molar-refractivity contribution in [1.29, 1.82) is 0 Å². The zero-order valence-electron chi connectivity index (χ0n) is 15.0. The average Bonchev–Trinajstić information content (AvgIpc) is 2.63. The number of benzene rings is 2. The summed E-state index contributed by atoms with van der Waals surface area (Å²) >= 11 is 0. The van der Waals surface area contributed by atoms with Crippen molar-refractivity contribution in [1.82, 2.24) is 9.55 Å². The van der Waals surface area contributed by atoms with Crippen molar-refractivity contribution in [3.05, 3.63) is 80.5 Å². The van der Waals surface area contributed by atoms with Crippen molar-refractivity contribution >= 4 is 11.9 Å². The molecule has 2 aromatic carbocycles. The van der Waals surface area contributed by atoms with Crippen LogP contribution in [0.25, 0.3) is 5.69 Å². The molecule has 0 fully saturated rings. The molecule has 0 aliphatic rings. The van der Waals surface area contributed by atoms with E-state index in [1.807, 2.05) is 32.0 Å². The van der Waals surface area contributed by atoms with Crippen molar-refractivity contribution in [2.75, 3.05) is 6.61 Å². The van der Waals surface area contributed by atoms with Crippen LogP contribution in [0.3, 0.4) is 0 Å². The maximum atomic E-state index is 12.2. The quantitative estimate of drug-likeness (QED) is 0.680. The Kier molecular flexibility index (Phi) is 5.21. The highest BCUT2D eigenvalue weighted by molar-refractivity contribution is 5.84. The Morgan fingerprint density at radius 1 is 1.19 bits per heavy atom. The maximum Gasteiger partial charge on any atom is 0.335 e. The average molecular weight is 365 g/mol. The van der Waals surface area contributed by atoms with E-state index in [0.29, 0.717) is 23.7 Å². The fraction of sp³-hybridized carbons (Fsp3) is 0.150. The molecule has 0 aliphatic carbocycles. The van der Waals surface area contributed by atoms with Crippen LogP contribution in [-0.4, -0.2) is 27.5 Å². The van der Waals surface area contributed by atoms with Gasteiger partial charge in [0.15, 0.2) is 0 Å². The Morgan fingerprint density at radius 2 is 1.93 bits per heavy atom. The number of aliphatic imine (C=N–C) groups is 1. The van der Waals surface area contributed by atoms with Gasteiger partial charge >= 0.3 is 5.69 Å². The molecule has 0 atom stereocenters. The topological polar surface area (TPSA) is 96.7 Å². The van der Waals surface area contributed by atoms with Gasteiger partial charge in [0.25, 0.3) is 5.56 Å². The molecule has 0 radical (unpaired) electrons. The van der Waals surface area contributed by atoms with Crippen LogP contribution in [0.4, 0.5) is 5.69 Å². The smallest absolute Gasteiger partial charge is 0.335 e. The number of aromatic hydroxyl groups is 1. The molecule has 0 bridgehead atoms. The zero-order chi connectivity index (χ0) is 19.4. The minimum Gasteiger partial charge on any atom is -0.494 e. The number of nitrogens with one attached hydrogen (secondary N) is 1. The number of nitrogens with zero attached hydrogens (tertiary/aromatic N) is 2. The first-order valence-corrected chi connectivity index (χ1v) is 8.42. The van der Waals surface area contributed by atoms with E-state index in [1.165, 1.54) is 6.21 Å². The van der Waals surface area contributed by atoms with Crippen LogP contribution >= 0.6 is 0 Å². The van der Waals surface area contributed by atoms with E-state index in [-0.39, 0.29) is 5.56 Å². The van der Waals surface area contributed by atoms with E-state index in [9.17, 15) is 14.7 Å². The molecule has 0 amide bonds. The standard InChI is InChI=1S/C20H19N3O4/c1-3-27-16-9-7-15(8-10-16)23-19(25)17(18(24)22-20(23)26)12-21-14-6-4-5-13(2)11-14/h4-12,25H,3H2,1-2H3,(H,22,24,26). The Morgan fingerprint density at radius 3 is 2.59 bits per heavy atom. The number of rotatable bonds is 5. The number of hydrogen-bond acceptors (Lipinski definition) is 5. The van der Waals surface area contributed by atoms with Gasteiger partial charge in [0.1, 0.15) is 11.3 Å². The van der Waals surface area contributed by atoms with Crippen molar-refractivity contribution in [2.45, 2.75) is 13.8 Å². The Labute approximate surface area is 155 Å². The van der Waals surface area contributed by atoms with E-state index in [2.05, 4.69) is 9.98 Å². The van der Waals surface area contributed by atoms with Gasteiger partial charge in [-0.1, -0.05) is 12.1 Å². The summed E-state index contributed by atoms with van der Waals surface area (Å²) in [5, 5.41) is 10.5. The lowest BCUT2D eigenvalue weighted by molar-refractivity contribution is 0.340. The molecule has 1 heterocycles. The summed E-state index contributed by atoms with van der Waals surface area (Å²) < 4.78 is 6.38. The lowest BCUT2D eigenvalue weighted by atomic mass is 10.2. The number of H-pyrrole nitrogens is 1. The van der Waals surface area contributed by atoms with Crippen LogP contribution in [0.15, 0.2) is 63.1 Å². The van der Waals surface area contributed by atoms with Crippen molar-refractivity contribution in [3.8, 4) is 17.3 Å². The molecule has 2 N–H and O–H groups in total. The van der Waals surface area contributed by atoms with Crippen molar-refractivity contribution < 1.29 is 9.84 Å². The Balaban J connectivity index is 2.05. The Hall–Kier alpha value is -3.61. The number of hydrogen-bond donors (Lipinski definition) is 2. The first-order chi connectivity index (χ1) is 13.0. The molecule has 0 spiro atoms. The van der Waals surface area contributed by atoms with E-state index in [4.69, 9.17) is 4.74 Å². The molecule has 0 aliphatic heterocycles. The van der Waals surface area contributed by atoms with Crippen LogP contribution in [0.5, 0.6) is 11.6 Å². The summed E-state index contributed by atoms with van der Waals surface area (Å²) in [6.07, 6.45) is 1.24. The van der Waals surface area contributed by atoms with Gasteiger partial charge in [0.05, 0.1) is 18.0 Å². The Bertz CT molecular complexity index is 1100. The highest BCUT2D eigenvalue weighted by Gasteiger charge is 2.14. The molecule has 3 rings (SSSR count). The first kappa shape index (κ1) is 18.2. The number of aryl methyl sites for hydroxylation is 1. The minimum atomic E-state index is -0.741. The molecule has 3 aromatic rings. The molecule has 7 nitrogen and oxygen atoms in total. The van der Waals surface area contributed by atoms with Gasteiger partial charge in [-0.25, -0.2) is 9.36 Å². The number of aromatic nitrogens is 2. The zero-order valence-corrected chi connectivity index (χ0v) is 15.0. The van der Waals surface area contributed by atoms with E-state index in [1.54, 1.807) is 30.3 Å². The maximum absolute atomic E-state index is 12.2. The van der Waals surface area contributed by atoms with Crippen molar-refractivity contribution in [3.63, 3.8) is 0 Å². The largest absolute Gasteiger partial charge is 0.494 e. The normalized spacial score (nSPS) is 11.0. The molecule has 0 saturated carbocycles. The fourth-order valence-corrected chi connectivity index (χ4v) is 2.60. The highest BCUT2D eigenvalue weighted by Crippen LogP contribution is 2.20. The molecule has 27 heavy (non-hydrogen) atoms. The molecule has 138 valence electrons. The van der Waals surface area contributed by atoms with Gasteiger partial charge < -0.3 is 9.84 Å². The van der Waals surface area contributed by atoms with E-state index < -0.39 is 17.1 Å². The van der Waals surface area contributed by atoms with Gasteiger partial charge in [0.2, 0.25) is 5.88 Å². The summed E-state index contributed by atoms with van der Waals surface area (Å²) in [5.74, 6) is 0.156. The molecule has 0 saturated heterocycles. The van der Waals surface area contributed by atoms with Gasteiger partial charge in [-0.3, -0.25) is 14.8 Å². The number of ether oxygens (including phenoxy) is 1. The van der Waals surface area contributed by atoms with Crippen LogP contribution in [-0.2, 0) is 0 Å². The molecular formula is C20H19N3O4. The van der Waals surface area contributed by atoms with Crippen molar-refractivity contribution in [2.24, 2.45) is 4.99 Å². The minimum absolute atomic E-state index is 0.106. The van der Waals surface area contributed by atoms with Crippen LogP contribution in [0.2, 0.25) is 0 Å². The lowest BCUT2D eigenvalue weighted by Crippen LogP contribution is -2.31. The fourth-order valence-electron chi connectivity index (χ4n) is 2.60.